The molecule has 2 N–H and O–H groups in total. The van der Waals surface area contributed by atoms with Gasteiger partial charge in [0.1, 0.15) is 5.75 Å². The minimum atomic E-state index is -0.379. The first kappa shape index (κ1) is 24.9. The maximum Gasteiger partial charge on any atom is 0.343 e. The molecule has 0 saturated carbocycles. The lowest BCUT2D eigenvalue weighted by Gasteiger charge is -2.26. The molecule has 3 aromatic rings. The molecule has 3 aromatic carbocycles. The van der Waals surface area contributed by atoms with Crippen LogP contribution in [0, 0.1) is 0 Å². The number of esters is 1. The second-order valence-electron chi connectivity index (χ2n) is 9.70. The molecule has 0 aliphatic rings. The van der Waals surface area contributed by atoms with Gasteiger partial charge in [0.2, 0.25) is 5.91 Å². The van der Waals surface area contributed by atoms with Gasteiger partial charge in [0.25, 0.3) is 0 Å². The predicted molar refractivity (Wildman–Crippen MR) is 130 cm³/mol. The molecular formula is C28H33NO3. The lowest BCUT2D eigenvalue weighted by atomic mass is 9.80. The van der Waals surface area contributed by atoms with E-state index in [0.29, 0.717) is 16.9 Å². The molecule has 3 rings (SSSR count). The number of benzene rings is 3. The normalized spacial score (nSPS) is 11.2. The summed E-state index contributed by atoms with van der Waals surface area (Å²) in [4.78, 5) is 22.8. The molecule has 168 valence electrons. The summed E-state index contributed by atoms with van der Waals surface area (Å²) in [6.07, 6.45) is 0. The number of primary amides is 1. The van der Waals surface area contributed by atoms with E-state index in [2.05, 4.69) is 47.6 Å². The van der Waals surface area contributed by atoms with Crippen LogP contribution in [0.1, 0.15) is 73.4 Å². The number of amides is 1. The molecule has 0 aliphatic carbocycles. The fourth-order valence-electron chi connectivity index (χ4n) is 3.01. The van der Waals surface area contributed by atoms with Crippen molar-refractivity contribution in [3.63, 3.8) is 0 Å². The van der Waals surface area contributed by atoms with Crippen LogP contribution in [0.15, 0.2) is 78.9 Å². The van der Waals surface area contributed by atoms with Gasteiger partial charge in [-0.1, -0.05) is 90.1 Å². The van der Waals surface area contributed by atoms with E-state index < -0.39 is 0 Å². The first-order chi connectivity index (χ1) is 14.9. The van der Waals surface area contributed by atoms with Crippen molar-refractivity contribution < 1.29 is 14.3 Å². The summed E-state index contributed by atoms with van der Waals surface area (Å²) < 4.78 is 5.69. The third-order valence-electron chi connectivity index (χ3n) is 4.92. The summed E-state index contributed by atoms with van der Waals surface area (Å²) >= 11 is 0. The molecule has 0 fully saturated rings. The summed E-state index contributed by atoms with van der Waals surface area (Å²) in [5.74, 6) is -0.0606. The fourth-order valence-corrected chi connectivity index (χ4v) is 3.01. The number of rotatable bonds is 3. The smallest absolute Gasteiger partial charge is 0.343 e. The molecule has 4 nitrogen and oxygen atoms in total. The van der Waals surface area contributed by atoms with Crippen molar-refractivity contribution in [3.05, 3.63) is 101 Å². The SMILES string of the molecule is CC(C)(C)c1ccc(OC(=O)c2ccccc2)c(C(C)(C)C)c1.NC(=O)c1ccccc1. The minimum absolute atomic E-state index is 0.0575. The Labute approximate surface area is 191 Å². The number of carbonyl (C=O) groups is 2. The average molecular weight is 432 g/mol. The van der Waals surface area contributed by atoms with Crippen molar-refractivity contribution in [3.8, 4) is 5.75 Å². The van der Waals surface area contributed by atoms with Gasteiger partial charge in [0, 0.05) is 11.1 Å². The van der Waals surface area contributed by atoms with Crippen molar-refractivity contribution in [2.24, 2.45) is 5.73 Å². The van der Waals surface area contributed by atoms with Crippen molar-refractivity contribution in [1.29, 1.82) is 0 Å². The van der Waals surface area contributed by atoms with E-state index in [1.54, 1.807) is 36.4 Å². The third-order valence-corrected chi connectivity index (χ3v) is 4.92. The molecule has 4 heteroatoms. The highest BCUT2D eigenvalue weighted by Gasteiger charge is 2.24. The van der Waals surface area contributed by atoms with Crippen LogP contribution in [-0.2, 0) is 10.8 Å². The Hall–Kier alpha value is -3.40. The van der Waals surface area contributed by atoms with Crippen LogP contribution in [0.25, 0.3) is 0 Å². The maximum absolute atomic E-state index is 12.4. The monoisotopic (exact) mass is 431 g/mol. The number of ether oxygens (including phenoxy) is 1. The van der Waals surface area contributed by atoms with Gasteiger partial charge in [-0.2, -0.15) is 0 Å². The highest BCUT2D eigenvalue weighted by molar-refractivity contribution is 5.92. The Balaban J connectivity index is 0.000000336. The van der Waals surface area contributed by atoms with E-state index >= 15 is 0 Å². The van der Waals surface area contributed by atoms with Crippen molar-refractivity contribution in [2.45, 2.75) is 52.4 Å². The van der Waals surface area contributed by atoms with Gasteiger partial charge in [-0.25, -0.2) is 4.79 Å². The molecular weight excluding hydrogens is 398 g/mol. The molecule has 0 aromatic heterocycles. The molecule has 0 spiro atoms. The van der Waals surface area contributed by atoms with Gasteiger partial charge in [0.05, 0.1) is 5.56 Å². The van der Waals surface area contributed by atoms with Crippen LogP contribution in [0.5, 0.6) is 5.75 Å². The van der Waals surface area contributed by atoms with E-state index in [9.17, 15) is 9.59 Å². The average Bonchev–Trinajstić information content (AvgIpc) is 2.74. The summed E-state index contributed by atoms with van der Waals surface area (Å²) in [6, 6.07) is 24.0. The second kappa shape index (κ2) is 10.3. The largest absolute Gasteiger partial charge is 0.423 e. The third kappa shape index (κ3) is 7.09. The Kier molecular flexibility index (Phi) is 7.98. The van der Waals surface area contributed by atoms with E-state index in [1.165, 1.54) is 5.56 Å². The lowest BCUT2D eigenvalue weighted by molar-refractivity contribution is 0.0731. The van der Waals surface area contributed by atoms with Crippen molar-refractivity contribution >= 4 is 11.9 Å². The van der Waals surface area contributed by atoms with Crippen LogP contribution < -0.4 is 10.5 Å². The quantitative estimate of drug-likeness (QED) is 0.391. The number of hydrogen-bond donors (Lipinski definition) is 1. The highest BCUT2D eigenvalue weighted by Crippen LogP contribution is 2.35. The predicted octanol–water partition coefficient (Wildman–Crippen LogP) is 6.29. The number of carbonyl (C=O) groups excluding carboxylic acids is 2. The van der Waals surface area contributed by atoms with E-state index in [-0.39, 0.29) is 22.7 Å². The molecule has 32 heavy (non-hydrogen) atoms. The zero-order chi connectivity index (χ0) is 23.9. The zero-order valence-corrected chi connectivity index (χ0v) is 19.8. The summed E-state index contributed by atoms with van der Waals surface area (Å²) in [6.45, 7) is 13.0. The van der Waals surface area contributed by atoms with Crippen LogP contribution in [0.4, 0.5) is 0 Å². The van der Waals surface area contributed by atoms with Crippen LogP contribution in [-0.4, -0.2) is 11.9 Å². The van der Waals surface area contributed by atoms with Crippen molar-refractivity contribution in [2.75, 3.05) is 0 Å². The molecule has 1 amide bonds. The topological polar surface area (TPSA) is 69.4 Å². The Bertz CT molecular complexity index is 1040. The molecule has 0 atom stereocenters. The van der Waals surface area contributed by atoms with Gasteiger partial charge in [-0.05, 0) is 46.7 Å². The molecule has 0 bridgehead atoms. The highest BCUT2D eigenvalue weighted by atomic mass is 16.5. The van der Waals surface area contributed by atoms with Crippen LogP contribution in [0.2, 0.25) is 0 Å². The van der Waals surface area contributed by atoms with E-state index in [1.807, 2.05) is 36.4 Å². The minimum Gasteiger partial charge on any atom is -0.423 e. The number of nitrogens with two attached hydrogens (primary N) is 1. The molecule has 0 aliphatic heterocycles. The maximum atomic E-state index is 12.4. The van der Waals surface area contributed by atoms with Gasteiger partial charge in [-0.15, -0.1) is 0 Å². The Morgan fingerprint density at radius 1 is 0.688 bits per heavy atom. The Morgan fingerprint density at radius 3 is 1.59 bits per heavy atom. The van der Waals surface area contributed by atoms with E-state index in [4.69, 9.17) is 10.5 Å². The zero-order valence-electron chi connectivity index (χ0n) is 19.8. The van der Waals surface area contributed by atoms with Gasteiger partial charge >= 0.3 is 5.97 Å². The van der Waals surface area contributed by atoms with Gasteiger partial charge < -0.3 is 10.5 Å². The van der Waals surface area contributed by atoms with Crippen molar-refractivity contribution in [1.82, 2.24) is 0 Å². The first-order valence-electron chi connectivity index (χ1n) is 10.7. The van der Waals surface area contributed by atoms with Gasteiger partial charge in [-0.3, -0.25) is 4.79 Å². The fraction of sp³-hybridized carbons (Fsp3) is 0.286. The van der Waals surface area contributed by atoms with E-state index in [0.717, 1.165) is 5.56 Å². The molecule has 0 saturated heterocycles. The second-order valence-corrected chi connectivity index (χ2v) is 9.70. The molecule has 0 radical (unpaired) electrons. The lowest BCUT2D eigenvalue weighted by Crippen LogP contribution is -2.19. The van der Waals surface area contributed by atoms with Crippen LogP contribution in [0.3, 0.4) is 0 Å². The summed E-state index contributed by atoms with van der Waals surface area (Å²) in [7, 11) is 0. The van der Waals surface area contributed by atoms with Crippen LogP contribution >= 0.6 is 0 Å². The molecule has 0 unspecified atom stereocenters. The Morgan fingerprint density at radius 2 is 1.19 bits per heavy atom. The summed E-state index contributed by atoms with van der Waals surface area (Å²) in [5, 5.41) is 0. The molecule has 0 heterocycles. The first-order valence-corrected chi connectivity index (χ1v) is 10.7. The standard InChI is InChI=1S/C21H26O2.C7H7NO/c1-20(2,3)16-12-13-18(17(14-16)21(4,5)6)23-19(22)15-10-8-7-9-11-15;8-7(9)6-4-2-1-3-5-6/h7-14H,1-6H3;1-5H,(H2,8,9). The summed E-state index contributed by atoms with van der Waals surface area (Å²) in [5.41, 5.74) is 8.33. The van der Waals surface area contributed by atoms with Gasteiger partial charge in [0.15, 0.2) is 0 Å². The number of hydrogen-bond acceptors (Lipinski definition) is 3.